The molecule has 5 rings (SSSR count). The summed E-state index contributed by atoms with van der Waals surface area (Å²) < 4.78 is 14.9. The molecule has 2 saturated heterocycles. The van der Waals surface area contributed by atoms with Gasteiger partial charge < -0.3 is 20.4 Å². The number of hydrogen-bond donors (Lipinski definition) is 2. The molecule has 2 aromatic carbocycles. The molecule has 39 heavy (non-hydrogen) atoms. The van der Waals surface area contributed by atoms with Gasteiger partial charge in [-0.1, -0.05) is 24.3 Å². The Hall–Kier alpha value is -3.86. The summed E-state index contributed by atoms with van der Waals surface area (Å²) in [5, 5.41) is 17.5. The molecule has 0 bridgehead atoms. The zero-order valence-electron chi connectivity index (χ0n) is 22.4. The van der Waals surface area contributed by atoms with E-state index in [1.165, 1.54) is 12.1 Å². The van der Waals surface area contributed by atoms with E-state index in [1.807, 2.05) is 42.3 Å². The molecule has 0 spiro atoms. The largest absolute Gasteiger partial charge is 0.342 e. The van der Waals surface area contributed by atoms with Gasteiger partial charge in [0.05, 0.1) is 5.92 Å². The molecule has 10 nitrogen and oxygen atoms in total. The zero-order valence-corrected chi connectivity index (χ0v) is 22.4. The normalized spacial score (nSPS) is 21.9. The summed E-state index contributed by atoms with van der Waals surface area (Å²) >= 11 is 0. The second-order valence-electron chi connectivity index (χ2n) is 10.7. The lowest BCUT2D eigenvalue weighted by Crippen LogP contribution is -2.57. The molecule has 3 atom stereocenters. The molecule has 206 valence electrons. The lowest BCUT2D eigenvalue weighted by Gasteiger charge is -2.41. The van der Waals surface area contributed by atoms with Crippen LogP contribution in [0.4, 0.5) is 14.9 Å². The van der Waals surface area contributed by atoms with Gasteiger partial charge in [0.15, 0.2) is 5.82 Å². The van der Waals surface area contributed by atoms with Gasteiger partial charge in [0.1, 0.15) is 5.82 Å². The summed E-state index contributed by atoms with van der Waals surface area (Å²) in [5.41, 5.74) is 2.49. The van der Waals surface area contributed by atoms with E-state index in [4.69, 9.17) is 0 Å². The number of tetrazole rings is 1. The first-order chi connectivity index (χ1) is 18.9. The number of aryl methyl sites for hydroxylation is 1. The fraction of sp³-hybridized carbons (Fsp3) is 0.464. The first-order valence-corrected chi connectivity index (χ1v) is 13.5. The van der Waals surface area contributed by atoms with Crippen molar-refractivity contribution in [2.45, 2.75) is 31.7 Å². The number of rotatable bonds is 6. The fourth-order valence-electron chi connectivity index (χ4n) is 5.70. The van der Waals surface area contributed by atoms with Crippen LogP contribution in [0.5, 0.6) is 0 Å². The van der Waals surface area contributed by atoms with E-state index in [9.17, 15) is 14.0 Å². The van der Waals surface area contributed by atoms with Crippen molar-refractivity contribution in [1.29, 1.82) is 0 Å². The number of carbonyl (C=O) groups is 2. The number of nitrogens with zero attached hydrogens (tertiary/aromatic N) is 6. The minimum absolute atomic E-state index is 0.0902. The van der Waals surface area contributed by atoms with Gasteiger partial charge in [0, 0.05) is 44.0 Å². The van der Waals surface area contributed by atoms with Crippen molar-refractivity contribution in [3.05, 3.63) is 59.9 Å². The van der Waals surface area contributed by atoms with Crippen LogP contribution in [0.15, 0.2) is 48.5 Å². The molecule has 2 aliphatic rings. The first-order valence-electron chi connectivity index (χ1n) is 13.5. The fourth-order valence-corrected chi connectivity index (χ4v) is 5.70. The Kier molecular flexibility index (Phi) is 8.16. The van der Waals surface area contributed by atoms with Crippen LogP contribution >= 0.6 is 0 Å². The van der Waals surface area contributed by atoms with E-state index >= 15 is 0 Å². The SMILES string of the molecule is CN1CC[C@@H](NC(=O)Nc2cccc(-c3nnnn3C)c2)[C@H](C(=O)N2CCC[C@@H](Cc3ccc(F)cc3)C2)C1. The lowest BCUT2D eigenvalue weighted by atomic mass is 9.87. The average molecular weight is 535 g/mol. The third kappa shape index (κ3) is 6.59. The third-order valence-electron chi connectivity index (χ3n) is 7.72. The monoisotopic (exact) mass is 534 g/mol. The maximum atomic E-state index is 13.8. The van der Waals surface area contributed by atoms with Crippen LogP contribution in [0.1, 0.15) is 24.8 Å². The van der Waals surface area contributed by atoms with Crippen LogP contribution in [0.2, 0.25) is 0 Å². The molecule has 3 heterocycles. The van der Waals surface area contributed by atoms with Crippen LogP contribution in [-0.4, -0.2) is 81.2 Å². The van der Waals surface area contributed by atoms with Crippen molar-refractivity contribution < 1.29 is 14.0 Å². The maximum absolute atomic E-state index is 13.8. The van der Waals surface area contributed by atoms with E-state index in [2.05, 4.69) is 31.1 Å². The Labute approximate surface area is 227 Å². The molecule has 3 aromatic rings. The average Bonchev–Trinajstić information content (AvgIpc) is 3.36. The van der Waals surface area contributed by atoms with Crippen molar-refractivity contribution in [2.75, 3.05) is 38.5 Å². The van der Waals surface area contributed by atoms with Crippen LogP contribution < -0.4 is 10.6 Å². The number of aromatic nitrogens is 4. The molecule has 3 amide bonds. The number of urea groups is 1. The third-order valence-corrected chi connectivity index (χ3v) is 7.72. The molecular weight excluding hydrogens is 499 g/mol. The summed E-state index contributed by atoms with van der Waals surface area (Å²) in [6.45, 7) is 2.80. The van der Waals surface area contributed by atoms with Crippen molar-refractivity contribution in [1.82, 2.24) is 35.3 Å². The molecule has 0 saturated carbocycles. The van der Waals surface area contributed by atoms with E-state index in [0.29, 0.717) is 36.9 Å². The minimum Gasteiger partial charge on any atom is -0.342 e. The van der Waals surface area contributed by atoms with Crippen molar-refractivity contribution in [3.8, 4) is 11.4 Å². The summed E-state index contributed by atoms with van der Waals surface area (Å²) in [5.74, 6) is 0.459. The molecule has 0 radical (unpaired) electrons. The zero-order chi connectivity index (χ0) is 27.4. The van der Waals surface area contributed by atoms with Crippen molar-refractivity contribution in [2.24, 2.45) is 18.9 Å². The van der Waals surface area contributed by atoms with E-state index in [-0.39, 0.29) is 29.7 Å². The maximum Gasteiger partial charge on any atom is 0.319 e. The molecule has 0 aliphatic carbocycles. The van der Waals surface area contributed by atoms with Gasteiger partial charge in [-0.25, -0.2) is 13.9 Å². The van der Waals surface area contributed by atoms with Gasteiger partial charge >= 0.3 is 6.03 Å². The topological polar surface area (TPSA) is 108 Å². The number of hydrogen-bond acceptors (Lipinski definition) is 6. The molecular formula is C28H35FN8O2. The van der Waals surface area contributed by atoms with Crippen LogP contribution in [0.25, 0.3) is 11.4 Å². The van der Waals surface area contributed by atoms with E-state index < -0.39 is 0 Å². The van der Waals surface area contributed by atoms with Crippen LogP contribution in [0.3, 0.4) is 0 Å². The van der Waals surface area contributed by atoms with Gasteiger partial charge in [-0.05, 0) is 85.4 Å². The molecule has 2 N–H and O–H groups in total. The minimum atomic E-state index is -0.344. The highest BCUT2D eigenvalue weighted by molar-refractivity contribution is 5.91. The summed E-state index contributed by atoms with van der Waals surface area (Å²) in [4.78, 5) is 30.9. The number of likely N-dealkylation sites (tertiary alicyclic amines) is 2. The number of halogens is 1. The molecule has 1 aromatic heterocycles. The van der Waals surface area contributed by atoms with Crippen LogP contribution in [-0.2, 0) is 18.3 Å². The van der Waals surface area contributed by atoms with Gasteiger partial charge in [-0.2, -0.15) is 0 Å². The standard InChI is InChI=1S/C28H35FN8O2/c1-35-14-12-25(31-28(39)30-23-7-3-6-21(16-23)26-32-33-34-36(26)2)24(18-35)27(38)37-13-4-5-20(17-37)15-19-8-10-22(29)11-9-19/h3,6-11,16,20,24-25H,4-5,12-15,17-18H2,1-2H3,(H2,30,31,39)/t20-,24+,25+/m0/s1. The smallest absolute Gasteiger partial charge is 0.319 e. The first kappa shape index (κ1) is 26.7. The Morgan fingerprint density at radius 2 is 1.87 bits per heavy atom. The van der Waals surface area contributed by atoms with Crippen molar-refractivity contribution >= 4 is 17.6 Å². The van der Waals surface area contributed by atoms with Gasteiger partial charge in [0.25, 0.3) is 0 Å². The van der Waals surface area contributed by atoms with E-state index in [0.717, 1.165) is 43.5 Å². The quantitative estimate of drug-likeness (QED) is 0.504. The molecule has 0 unspecified atom stereocenters. The molecule has 11 heteroatoms. The number of benzene rings is 2. The molecule has 2 fully saturated rings. The molecule has 2 aliphatic heterocycles. The predicted molar refractivity (Wildman–Crippen MR) is 145 cm³/mol. The highest BCUT2D eigenvalue weighted by Gasteiger charge is 2.38. The summed E-state index contributed by atoms with van der Waals surface area (Å²) in [7, 11) is 3.77. The van der Waals surface area contributed by atoms with E-state index in [1.54, 1.807) is 17.8 Å². The van der Waals surface area contributed by atoms with Gasteiger partial charge in [-0.3, -0.25) is 4.79 Å². The second kappa shape index (κ2) is 11.9. The van der Waals surface area contributed by atoms with Crippen LogP contribution in [0, 0.1) is 17.7 Å². The van der Waals surface area contributed by atoms with Gasteiger partial charge in [-0.15, -0.1) is 5.10 Å². The highest BCUT2D eigenvalue weighted by atomic mass is 19.1. The van der Waals surface area contributed by atoms with Crippen molar-refractivity contribution in [3.63, 3.8) is 0 Å². The Bertz CT molecular complexity index is 1300. The lowest BCUT2D eigenvalue weighted by molar-refractivity contribution is -0.140. The van der Waals surface area contributed by atoms with Gasteiger partial charge in [0.2, 0.25) is 5.91 Å². The number of anilines is 1. The number of piperidine rings is 2. The number of amides is 3. The summed E-state index contributed by atoms with van der Waals surface area (Å²) in [6, 6.07) is 13.3. The Morgan fingerprint density at radius 3 is 2.64 bits per heavy atom. The number of carbonyl (C=O) groups excluding carboxylic acids is 2. The highest BCUT2D eigenvalue weighted by Crippen LogP contribution is 2.26. The Morgan fingerprint density at radius 1 is 1.05 bits per heavy atom. The summed E-state index contributed by atoms with van der Waals surface area (Å²) in [6.07, 6.45) is 3.50. The number of nitrogens with one attached hydrogen (secondary N) is 2. The second-order valence-corrected chi connectivity index (χ2v) is 10.7. The Balaban J connectivity index is 1.22. The predicted octanol–water partition coefficient (Wildman–Crippen LogP) is 2.94.